The van der Waals surface area contributed by atoms with Gasteiger partial charge in [0, 0.05) is 12.4 Å². The third kappa shape index (κ3) is 2.67. The number of carbonyl (C=O) groups excluding carboxylic acids is 1. The molecular formula is C11H11N7O. The molecule has 96 valence electrons. The quantitative estimate of drug-likeness (QED) is 0.560. The van der Waals surface area contributed by atoms with E-state index >= 15 is 0 Å². The Balaban J connectivity index is 0.000000186. The zero-order chi connectivity index (χ0) is 13.7. The number of aromatic amines is 1. The number of imidazole rings is 1. The van der Waals surface area contributed by atoms with Crippen LogP contribution in [0.25, 0.3) is 0 Å². The first-order chi connectivity index (χ1) is 9.24. The summed E-state index contributed by atoms with van der Waals surface area (Å²) >= 11 is 0. The van der Waals surface area contributed by atoms with Crippen LogP contribution < -0.4 is 16.0 Å². The Labute approximate surface area is 108 Å². The van der Waals surface area contributed by atoms with Gasteiger partial charge in [-0.3, -0.25) is 15.5 Å². The third-order valence-corrected chi connectivity index (χ3v) is 2.31. The number of fused-ring (bicyclic) bond motifs is 1. The topological polar surface area (TPSA) is 124 Å². The maximum absolute atomic E-state index is 11.2. The Morgan fingerprint density at radius 1 is 1.37 bits per heavy atom. The maximum Gasteiger partial charge on any atom is 0.274 e. The minimum Gasteiger partial charge on any atom is -0.339 e. The van der Waals surface area contributed by atoms with Gasteiger partial charge >= 0.3 is 0 Å². The molecule has 1 amide bonds. The Hall–Kier alpha value is -2.92. The first-order valence-corrected chi connectivity index (χ1v) is 5.38. The van der Waals surface area contributed by atoms with Crippen molar-refractivity contribution in [3.63, 3.8) is 0 Å². The van der Waals surface area contributed by atoms with Gasteiger partial charge in [-0.25, -0.2) is 9.88 Å². The van der Waals surface area contributed by atoms with Crippen molar-refractivity contribution in [1.29, 1.82) is 5.26 Å². The molecular weight excluding hydrogens is 246 g/mol. The van der Waals surface area contributed by atoms with Crippen molar-refractivity contribution < 1.29 is 4.79 Å². The van der Waals surface area contributed by atoms with Crippen LogP contribution in [0.15, 0.2) is 36.9 Å². The van der Waals surface area contributed by atoms with Crippen LogP contribution in [0.2, 0.25) is 0 Å². The zero-order valence-electron chi connectivity index (χ0n) is 9.82. The number of hydrogen-bond donors (Lipinski definition) is 3. The number of nitrogens with zero attached hydrogens (tertiary/aromatic N) is 4. The van der Waals surface area contributed by atoms with Gasteiger partial charge in [-0.15, -0.1) is 0 Å². The number of aromatic nitrogens is 3. The molecule has 0 saturated carbocycles. The minimum absolute atomic E-state index is 0.253. The van der Waals surface area contributed by atoms with Crippen LogP contribution in [0, 0.1) is 11.5 Å². The average Bonchev–Trinajstić information content (AvgIpc) is 2.91. The molecule has 0 saturated heterocycles. The van der Waals surface area contributed by atoms with Crippen molar-refractivity contribution in [1.82, 2.24) is 20.3 Å². The van der Waals surface area contributed by atoms with Crippen LogP contribution in [0.1, 0.15) is 10.5 Å². The molecule has 2 aromatic rings. The van der Waals surface area contributed by atoms with Crippen LogP contribution in [0.4, 0.5) is 5.82 Å². The van der Waals surface area contributed by atoms with Gasteiger partial charge in [0.25, 0.3) is 5.91 Å². The molecule has 0 aliphatic carbocycles. The molecule has 0 bridgehead atoms. The molecule has 1 aliphatic heterocycles. The molecule has 0 radical (unpaired) electrons. The molecule has 1 atom stereocenters. The molecule has 3 heterocycles. The fourth-order valence-electron chi connectivity index (χ4n) is 1.46. The number of pyridine rings is 1. The summed E-state index contributed by atoms with van der Waals surface area (Å²) in [5.74, 6) is -0.0924. The summed E-state index contributed by atoms with van der Waals surface area (Å²) in [6.45, 7) is 0. The summed E-state index contributed by atoms with van der Waals surface area (Å²) in [6, 6.07) is 5.72. The van der Waals surface area contributed by atoms with E-state index in [0.29, 0.717) is 0 Å². The molecule has 1 unspecified atom stereocenters. The van der Waals surface area contributed by atoms with E-state index in [9.17, 15) is 4.79 Å². The summed E-state index contributed by atoms with van der Waals surface area (Å²) in [5, 5.41) is 11.1. The molecule has 0 aromatic carbocycles. The van der Waals surface area contributed by atoms with E-state index < -0.39 is 6.29 Å². The Morgan fingerprint density at radius 2 is 2.11 bits per heavy atom. The van der Waals surface area contributed by atoms with Crippen molar-refractivity contribution in [2.24, 2.45) is 5.73 Å². The van der Waals surface area contributed by atoms with Gasteiger partial charge in [-0.2, -0.15) is 5.26 Å². The summed E-state index contributed by atoms with van der Waals surface area (Å²) in [6.07, 6.45) is 5.83. The monoisotopic (exact) mass is 257 g/mol. The number of rotatable bonds is 0. The van der Waals surface area contributed by atoms with Crippen molar-refractivity contribution in [2.45, 2.75) is 6.29 Å². The second kappa shape index (κ2) is 5.61. The summed E-state index contributed by atoms with van der Waals surface area (Å²) in [7, 11) is 0. The van der Waals surface area contributed by atoms with E-state index in [2.05, 4.69) is 20.3 Å². The van der Waals surface area contributed by atoms with E-state index in [1.807, 2.05) is 24.4 Å². The number of H-pyrrole nitrogens is 1. The Bertz CT molecular complexity index is 562. The lowest BCUT2D eigenvalue weighted by Crippen LogP contribution is -2.56. The van der Waals surface area contributed by atoms with Gasteiger partial charge in [0.1, 0.15) is 5.69 Å². The number of nitrogens with one attached hydrogen (secondary N) is 2. The van der Waals surface area contributed by atoms with Gasteiger partial charge in [0.2, 0.25) is 0 Å². The van der Waals surface area contributed by atoms with E-state index in [4.69, 9.17) is 11.0 Å². The largest absolute Gasteiger partial charge is 0.339 e. The van der Waals surface area contributed by atoms with Crippen LogP contribution >= 0.6 is 0 Å². The SMILES string of the molecule is N#CN1c2nc[nH]c2C(=O)NC1N.c1ccncc1. The van der Waals surface area contributed by atoms with Gasteiger partial charge in [0.15, 0.2) is 18.3 Å². The van der Waals surface area contributed by atoms with Crippen LogP contribution in [0.3, 0.4) is 0 Å². The number of carbonyl (C=O) groups is 1. The number of anilines is 1. The van der Waals surface area contributed by atoms with Crippen molar-refractivity contribution in [3.05, 3.63) is 42.6 Å². The fraction of sp³-hybridized carbons (Fsp3) is 0.0909. The minimum atomic E-state index is -0.840. The van der Waals surface area contributed by atoms with E-state index in [1.165, 1.54) is 6.33 Å². The molecule has 4 N–H and O–H groups in total. The molecule has 0 spiro atoms. The van der Waals surface area contributed by atoms with E-state index in [1.54, 1.807) is 12.4 Å². The molecule has 0 fully saturated rings. The second-order valence-corrected chi connectivity index (χ2v) is 3.51. The molecule has 2 aromatic heterocycles. The first-order valence-electron chi connectivity index (χ1n) is 5.38. The van der Waals surface area contributed by atoms with Gasteiger partial charge in [-0.05, 0) is 12.1 Å². The maximum atomic E-state index is 11.2. The number of amides is 1. The number of hydrogen-bond acceptors (Lipinski definition) is 6. The lowest BCUT2D eigenvalue weighted by Gasteiger charge is -2.26. The lowest BCUT2D eigenvalue weighted by atomic mass is 10.3. The van der Waals surface area contributed by atoms with Crippen LogP contribution in [-0.4, -0.2) is 27.1 Å². The predicted molar refractivity (Wildman–Crippen MR) is 66.4 cm³/mol. The highest BCUT2D eigenvalue weighted by Gasteiger charge is 2.30. The Morgan fingerprint density at radius 3 is 2.63 bits per heavy atom. The van der Waals surface area contributed by atoms with Crippen molar-refractivity contribution in [2.75, 3.05) is 4.90 Å². The number of nitriles is 1. The molecule has 19 heavy (non-hydrogen) atoms. The first kappa shape index (κ1) is 12.5. The van der Waals surface area contributed by atoms with Crippen molar-refractivity contribution >= 4 is 11.7 Å². The van der Waals surface area contributed by atoms with Gasteiger partial charge in [-0.1, -0.05) is 6.07 Å². The van der Waals surface area contributed by atoms with Crippen molar-refractivity contribution in [3.8, 4) is 6.19 Å². The van der Waals surface area contributed by atoms with E-state index in [0.717, 1.165) is 4.90 Å². The standard InChI is InChI=1S/C6H6N6O.C5H5N/c7-1-12-4-3(9-2-10-4)5(13)11-6(12)8;1-2-4-6-5-3-1/h2,6H,8H2,(H,9,10)(H,11,13);1-5H. The fourth-order valence-corrected chi connectivity index (χ4v) is 1.46. The molecule has 3 rings (SSSR count). The predicted octanol–water partition coefficient (Wildman–Crippen LogP) is -0.236. The second-order valence-electron chi connectivity index (χ2n) is 3.51. The van der Waals surface area contributed by atoms with Gasteiger partial charge < -0.3 is 10.3 Å². The normalized spacial score (nSPS) is 16.5. The average molecular weight is 257 g/mol. The molecule has 8 heteroatoms. The highest BCUT2D eigenvalue weighted by molar-refractivity contribution is 5.99. The highest BCUT2D eigenvalue weighted by Crippen LogP contribution is 2.19. The molecule has 1 aliphatic rings. The summed E-state index contributed by atoms with van der Waals surface area (Å²) in [5.41, 5.74) is 5.72. The third-order valence-electron chi connectivity index (χ3n) is 2.31. The van der Waals surface area contributed by atoms with E-state index in [-0.39, 0.29) is 17.4 Å². The summed E-state index contributed by atoms with van der Waals surface area (Å²) < 4.78 is 0. The number of nitrogens with two attached hydrogens (primary N) is 1. The zero-order valence-corrected chi connectivity index (χ0v) is 9.82. The van der Waals surface area contributed by atoms with Gasteiger partial charge in [0.05, 0.1) is 6.33 Å². The lowest BCUT2D eigenvalue weighted by molar-refractivity contribution is 0.0926. The Kier molecular flexibility index (Phi) is 3.70. The smallest absolute Gasteiger partial charge is 0.274 e. The van der Waals surface area contributed by atoms with Crippen LogP contribution in [0.5, 0.6) is 0 Å². The molecule has 8 nitrogen and oxygen atoms in total. The van der Waals surface area contributed by atoms with Crippen LogP contribution in [-0.2, 0) is 0 Å². The highest BCUT2D eigenvalue weighted by atomic mass is 16.2. The summed E-state index contributed by atoms with van der Waals surface area (Å²) in [4.78, 5) is 22.6.